The number of aliphatic hydroxyl groups excluding tert-OH is 1. The maximum absolute atomic E-state index is 9.27. The van der Waals surface area contributed by atoms with Gasteiger partial charge >= 0.3 is 0 Å². The number of benzene rings is 1. The van der Waals surface area contributed by atoms with E-state index in [1.54, 1.807) is 7.11 Å². The van der Waals surface area contributed by atoms with Crippen LogP contribution in [-0.2, 0) is 0 Å². The molecule has 0 aromatic heterocycles. The van der Waals surface area contributed by atoms with Crippen molar-refractivity contribution in [2.75, 3.05) is 57.9 Å². The van der Waals surface area contributed by atoms with Crippen LogP contribution in [-0.4, -0.2) is 69.0 Å². The van der Waals surface area contributed by atoms with Crippen LogP contribution in [0.2, 0.25) is 0 Å². The number of hydrogen-bond acceptors (Lipinski definition) is 4. The molecule has 2 N–H and O–H groups in total. The standard InChI is InChI=1S/C21H36N4O2.HI/c1-4-8-18(11-16-26)17-23-21(22-5-2)25-14-12-24(13-15-25)19-9-6-7-10-20(19)27-3;/h6-7,9-10,18,26H,4-5,8,11-17H2,1-3H3,(H,22,23);1H. The molecule has 0 amide bonds. The summed E-state index contributed by atoms with van der Waals surface area (Å²) in [5.41, 5.74) is 1.16. The summed E-state index contributed by atoms with van der Waals surface area (Å²) in [6.07, 6.45) is 3.08. The van der Waals surface area contributed by atoms with E-state index in [0.717, 1.165) is 75.9 Å². The zero-order valence-electron chi connectivity index (χ0n) is 17.6. The largest absolute Gasteiger partial charge is 0.495 e. The second kappa shape index (κ2) is 13.9. The minimum absolute atomic E-state index is 0. The summed E-state index contributed by atoms with van der Waals surface area (Å²) in [6.45, 7) is 9.94. The Morgan fingerprint density at radius 1 is 1.18 bits per heavy atom. The van der Waals surface area contributed by atoms with Gasteiger partial charge in [-0.2, -0.15) is 0 Å². The number of piperazine rings is 1. The van der Waals surface area contributed by atoms with Gasteiger partial charge in [-0.3, -0.25) is 4.99 Å². The van der Waals surface area contributed by atoms with E-state index in [4.69, 9.17) is 9.73 Å². The lowest BCUT2D eigenvalue weighted by Gasteiger charge is -2.38. The number of guanidine groups is 1. The van der Waals surface area contributed by atoms with Gasteiger partial charge < -0.3 is 25.0 Å². The maximum atomic E-state index is 9.27. The molecular formula is C21H37IN4O2. The van der Waals surface area contributed by atoms with E-state index >= 15 is 0 Å². The van der Waals surface area contributed by atoms with Crippen LogP contribution >= 0.6 is 24.0 Å². The number of para-hydroxylation sites is 2. The average molecular weight is 504 g/mol. The predicted octanol–water partition coefficient (Wildman–Crippen LogP) is 3.20. The topological polar surface area (TPSA) is 60.3 Å². The molecule has 1 saturated heterocycles. The molecule has 0 aliphatic carbocycles. The molecule has 0 radical (unpaired) electrons. The smallest absolute Gasteiger partial charge is 0.194 e. The van der Waals surface area contributed by atoms with E-state index in [9.17, 15) is 5.11 Å². The highest BCUT2D eigenvalue weighted by atomic mass is 127. The Bertz CT molecular complexity index is 571. The van der Waals surface area contributed by atoms with Crippen molar-refractivity contribution in [3.8, 4) is 5.75 Å². The zero-order valence-corrected chi connectivity index (χ0v) is 19.9. The number of anilines is 1. The zero-order chi connectivity index (χ0) is 19.5. The number of ether oxygens (including phenoxy) is 1. The van der Waals surface area contributed by atoms with Crippen LogP contribution in [0.25, 0.3) is 0 Å². The lowest BCUT2D eigenvalue weighted by atomic mass is 10.0. The second-order valence-electron chi connectivity index (χ2n) is 7.01. The van der Waals surface area contributed by atoms with Crippen LogP contribution in [0.15, 0.2) is 29.3 Å². The molecule has 1 heterocycles. The van der Waals surface area contributed by atoms with Crippen molar-refractivity contribution >= 4 is 35.6 Å². The van der Waals surface area contributed by atoms with Crippen molar-refractivity contribution in [3.05, 3.63) is 24.3 Å². The fourth-order valence-corrected chi connectivity index (χ4v) is 3.61. The Morgan fingerprint density at radius 2 is 1.89 bits per heavy atom. The van der Waals surface area contributed by atoms with Crippen molar-refractivity contribution in [1.29, 1.82) is 0 Å². The predicted molar refractivity (Wildman–Crippen MR) is 128 cm³/mol. The number of nitrogens with zero attached hydrogens (tertiary/aromatic N) is 3. The Morgan fingerprint density at radius 3 is 2.50 bits per heavy atom. The molecule has 1 aromatic carbocycles. The van der Waals surface area contributed by atoms with Crippen molar-refractivity contribution in [2.24, 2.45) is 10.9 Å². The lowest BCUT2D eigenvalue weighted by molar-refractivity contribution is 0.253. The van der Waals surface area contributed by atoms with Gasteiger partial charge in [-0.05, 0) is 37.8 Å². The Labute approximate surface area is 187 Å². The highest BCUT2D eigenvalue weighted by Crippen LogP contribution is 2.28. The first-order valence-electron chi connectivity index (χ1n) is 10.3. The molecule has 2 rings (SSSR count). The highest BCUT2D eigenvalue weighted by Gasteiger charge is 2.21. The Kier molecular flexibility index (Phi) is 12.3. The monoisotopic (exact) mass is 504 g/mol. The van der Waals surface area contributed by atoms with Crippen LogP contribution in [0.3, 0.4) is 0 Å². The summed E-state index contributed by atoms with van der Waals surface area (Å²) in [6, 6.07) is 8.21. The van der Waals surface area contributed by atoms with Crippen molar-refractivity contribution in [1.82, 2.24) is 10.2 Å². The number of aliphatic imine (C=N–C) groups is 1. The van der Waals surface area contributed by atoms with E-state index in [1.807, 2.05) is 12.1 Å². The first kappa shape index (κ1) is 24.8. The molecule has 0 spiro atoms. The van der Waals surface area contributed by atoms with Crippen molar-refractivity contribution < 1.29 is 9.84 Å². The highest BCUT2D eigenvalue weighted by molar-refractivity contribution is 14.0. The molecule has 0 saturated carbocycles. The minimum Gasteiger partial charge on any atom is -0.495 e. The number of nitrogens with one attached hydrogen (secondary N) is 1. The van der Waals surface area contributed by atoms with E-state index in [1.165, 1.54) is 0 Å². The summed E-state index contributed by atoms with van der Waals surface area (Å²) in [5, 5.41) is 12.7. The molecule has 28 heavy (non-hydrogen) atoms. The van der Waals surface area contributed by atoms with Gasteiger partial charge in [-0.1, -0.05) is 25.5 Å². The first-order valence-corrected chi connectivity index (χ1v) is 10.3. The molecule has 160 valence electrons. The van der Waals surface area contributed by atoms with E-state index in [-0.39, 0.29) is 30.6 Å². The number of rotatable bonds is 9. The average Bonchev–Trinajstić information content (AvgIpc) is 2.71. The van der Waals surface area contributed by atoms with Crippen LogP contribution in [0.4, 0.5) is 5.69 Å². The molecule has 1 fully saturated rings. The Hall–Kier alpha value is -1.22. The van der Waals surface area contributed by atoms with Gasteiger partial charge in [-0.15, -0.1) is 24.0 Å². The lowest BCUT2D eigenvalue weighted by Crippen LogP contribution is -2.52. The molecule has 1 unspecified atom stereocenters. The summed E-state index contributed by atoms with van der Waals surface area (Å²) < 4.78 is 5.51. The van der Waals surface area contributed by atoms with Gasteiger partial charge in [0.2, 0.25) is 0 Å². The third-order valence-electron chi connectivity index (χ3n) is 5.07. The molecule has 6 nitrogen and oxygen atoms in total. The van der Waals surface area contributed by atoms with Crippen LogP contribution < -0.4 is 15.0 Å². The fourth-order valence-electron chi connectivity index (χ4n) is 3.61. The normalized spacial score (nSPS) is 15.8. The number of halogens is 1. The molecule has 0 bridgehead atoms. The molecule has 7 heteroatoms. The van der Waals surface area contributed by atoms with Crippen LogP contribution in [0, 0.1) is 5.92 Å². The van der Waals surface area contributed by atoms with Gasteiger partial charge in [0.25, 0.3) is 0 Å². The molecule has 1 aliphatic rings. The summed E-state index contributed by atoms with van der Waals surface area (Å²) >= 11 is 0. The van der Waals surface area contributed by atoms with E-state index in [2.05, 4.69) is 41.1 Å². The molecule has 1 aliphatic heterocycles. The summed E-state index contributed by atoms with van der Waals surface area (Å²) in [4.78, 5) is 9.61. The molecule has 1 aromatic rings. The van der Waals surface area contributed by atoms with Gasteiger partial charge in [0.05, 0.1) is 12.8 Å². The van der Waals surface area contributed by atoms with Crippen molar-refractivity contribution in [2.45, 2.75) is 33.1 Å². The van der Waals surface area contributed by atoms with E-state index < -0.39 is 0 Å². The first-order chi connectivity index (χ1) is 13.2. The second-order valence-corrected chi connectivity index (χ2v) is 7.01. The van der Waals surface area contributed by atoms with Crippen LogP contribution in [0.5, 0.6) is 5.75 Å². The molecular weight excluding hydrogens is 467 g/mol. The van der Waals surface area contributed by atoms with Gasteiger partial charge in [0.1, 0.15) is 5.75 Å². The number of aliphatic hydroxyl groups is 1. The van der Waals surface area contributed by atoms with Gasteiger partial charge in [0, 0.05) is 45.9 Å². The third-order valence-corrected chi connectivity index (χ3v) is 5.07. The van der Waals surface area contributed by atoms with Crippen LogP contribution in [0.1, 0.15) is 33.1 Å². The fraction of sp³-hybridized carbons (Fsp3) is 0.667. The quantitative estimate of drug-likeness (QED) is 0.308. The van der Waals surface area contributed by atoms with Gasteiger partial charge in [0.15, 0.2) is 5.96 Å². The number of hydrogen-bond donors (Lipinski definition) is 2. The summed E-state index contributed by atoms with van der Waals surface area (Å²) in [5.74, 6) is 2.39. The summed E-state index contributed by atoms with van der Waals surface area (Å²) in [7, 11) is 1.73. The number of methoxy groups -OCH3 is 1. The van der Waals surface area contributed by atoms with E-state index in [0.29, 0.717) is 5.92 Å². The maximum Gasteiger partial charge on any atom is 0.194 e. The van der Waals surface area contributed by atoms with Gasteiger partial charge in [-0.25, -0.2) is 0 Å². The minimum atomic E-state index is 0. The third kappa shape index (κ3) is 7.31. The molecule has 1 atom stereocenters. The SMILES string of the molecule is CCCC(CCO)CN=C(NCC)N1CCN(c2ccccc2OC)CC1.I. The van der Waals surface area contributed by atoms with Crippen molar-refractivity contribution in [3.63, 3.8) is 0 Å². The Balaban J connectivity index is 0.00000392.